The van der Waals surface area contributed by atoms with E-state index in [4.69, 9.17) is 9.47 Å². The molecule has 0 aliphatic carbocycles. The van der Waals surface area contributed by atoms with Crippen LogP contribution in [0.4, 0.5) is 10.5 Å². The van der Waals surface area contributed by atoms with Crippen LogP contribution in [0.15, 0.2) is 48.8 Å². The Morgan fingerprint density at radius 2 is 1.70 bits per heavy atom. The third-order valence-corrected chi connectivity index (χ3v) is 7.77. The van der Waals surface area contributed by atoms with E-state index in [9.17, 15) is 4.79 Å². The highest BCUT2D eigenvalue weighted by Gasteiger charge is 2.26. The molecule has 2 saturated heterocycles. The maximum Gasteiger partial charge on any atom is 0.321 e. The van der Waals surface area contributed by atoms with Crippen molar-refractivity contribution in [3.05, 3.63) is 54.5 Å². The van der Waals surface area contributed by atoms with Gasteiger partial charge >= 0.3 is 6.03 Å². The summed E-state index contributed by atoms with van der Waals surface area (Å²) in [6, 6.07) is 13.6. The zero-order chi connectivity index (χ0) is 27.9. The van der Waals surface area contributed by atoms with Gasteiger partial charge < -0.3 is 29.5 Å². The standard InChI is InChI=1S/C31H42N6O3/c1-23(2)40-26-7-5-25(6-8-26)34-31(38)37-14-11-24(12-15-37)30-28-10-9-27(21-29(28)32-22-33-30)39-20-4-13-36-18-16-35(3)17-19-36/h5-10,21-24H,4,11-20H2,1-3H3,(H,34,38). The largest absolute Gasteiger partial charge is 0.493 e. The quantitative estimate of drug-likeness (QED) is 0.385. The van der Waals surface area contributed by atoms with Gasteiger partial charge in [0.05, 0.1) is 23.9 Å². The number of ether oxygens (including phenoxy) is 2. The number of carbonyl (C=O) groups is 1. The number of hydrogen-bond acceptors (Lipinski definition) is 7. The van der Waals surface area contributed by atoms with E-state index in [0.29, 0.717) is 19.7 Å². The molecular weight excluding hydrogens is 504 g/mol. The second kappa shape index (κ2) is 13.3. The topological polar surface area (TPSA) is 83.1 Å². The van der Waals surface area contributed by atoms with Crippen LogP contribution in [0.25, 0.3) is 10.9 Å². The van der Waals surface area contributed by atoms with Crippen molar-refractivity contribution in [3.63, 3.8) is 0 Å². The molecule has 2 amide bonds. The first-order valence-electron chi connectivity index (χ1n) is 14.6. The number of nitrogens with zero attached hydrogens (tertiary/aromatic N) is 5. The van der Waals surface area contributed by atoms with E-state index in [2.05, 4.69) is 38.2 Å². The summed E-state index contributed by atoms with van der Waals surface area (Å²) in [5.74, 6) is 1.94. The number of piperidine rings is 1. The number of hydrogen-bond donors (Lipinski definition) is 1. The first-order chi connectivity index (χ1) is 19.4. The fourth-order valence-electron chi connectivity index (χ4n) is 5.47. The van der Waals surface area contributed by atoms with Crippen LogP contribution in [-0.4, -0.2) is 96.3 Å². The SMILES string of the molecule is CC(C)Oc1ccc(NC(=O)N2CCC(c3ncnc4cc(OCCCN5CCN(C)CC5)ccc34)CC2)cc1. The van der Waals surface area contributed by atoms with Crippen molar-refractivity contribution < 1.29 is 14.3 Å². The Kier molecular flexibility index (Phi) is 9.34. The molecule has 2 fully saturated rings. The lowest BCUT2D eigenvalue weighted by Gasteiger charge is -2.32. The van der Waals surface area contributed by atoms with E-state index >= 15 is 0 Å². The zero-order valence-electron chi connectivity index (χ0n) is 24.0. The molecule has 0 atom stereocenters. The van der Waals surface area contributed by atoms with Crippen LogP contribution in [0, 0.1) is 0 Å². The summed E-state index contributed by atoms with van der Waals surface area (Å²) in [4.78, 5) is 28.8. The number of rotatable bonds is 9. The van der Waals surface area contributed by atoms with Crippen LogP contribution in [0.2, 0.25) is 0 Å². The van der Waals surface area contributed by atoms with Crippen molar-refractivity contribution in [2.75, 3.05) is 64.8 Å². The van der Waals surface area contributed by atoms with E-state index in [-0.39, 0.29) is 18.1 Å². The molecule has 2 aliphatic heterocycles. The lowest BCUT2D eigenvalue weighted by atomic mass is 9.91. The number of fused-ring (bicyclic) bond motifs is 1. The van der Waals surface area contributed by atoms with E-state index < -0.39 is 0 Å². The van der Waals surface area contributed by atoms with Gasteiger partial charge in [0.1, 0.15) is 17.8 Å². The number of nitrogens with one attached hydrogen (secondary N) is 1. The number of benzene rings is 2. The smallest absolute Gasteiger partial charge is 0.321 e. The first kappa shape index (κ1) is 28.1. The summed E-state index contributed by atoms with van der Waals surface area (Å²) in [7, 11) is 2.18. The van der Waals surface area contributed by atoms with Gasteiger partial charge in [-0.25, -0.2) is 14.8 Å². The van der Waals surface area contributed by atoms with Gasteiger partial charge in [0.15, 0.2) is 0 Å². The summed E-state index contributed by atoms with van der Waals surface area (Å²) in [5.41, 5.74) is 2.74. The number of urea groups is 1. The number of piperazine rings is 1. The van der Waals surface area contributed by atoms with Crippen LogP contribution in [0.3, 0.4) is 0 Å². The van der Waals surface area contributed by atoms with Gasteiger partial charge in [-0.1, -0.05) is 0 Å². The lowest BCUT2D eigenvalue weighted by Crippen LogP contribution is -2.44. The second-order valence-electron chi connectivity index (χ2n) is 11.2. The fourth-order valence-corrected chi connectivity index (χ4v) is 5.47. The molecule has 1 aromatic heterocycles. The van der Waals surface area contributed by atoms with Gasteiger partial charge in [-0.2, -0.15) is 0 Å². The van der Waals surface area contributed by atoms with Gasteiger partial charge in [-0.15, -0.1) is 0 Å². The van der Waals surface area contributed by atoms with E-state index in [1.165, 1.54) is 0 Å². The molecule has 0 bridgehead atoms. The Hall–Kier alpha value is -3.43. The highest BCUT2D eigenvalue weighted by molar-refractivity contribution is 5.89. The number of aromatic nitrogens is 2. The molecule has 0 spiro atoms. The van der Waals surface area contributed by atoms with Crippen molar-refractivity contribution in [1.29, 1.82) is 0 Å². The lowest BCUT2D eigenvalue weighted by molar-refractivity contribution is 0.145. The molecule has 3 heterocycles. The summed E-state index contributed by atoms with van der Waals surface area (Å²) >= 11 is 0. The third-order valence-electron chi connectivity index (χ3n) is 7.77. The van der Waals surface area contributed by atoms with E-state index in [1.54, 1.807) is 6.33 Å². The van der Waals surface area contributed by atoms with Crippen molar-refractivity contribution in [2.24, 2.45) is 0 Å². The van der Waals surface area contributed by atoms with Crippen LogP contribution < -0.4 is 14.8 Å². The number of likely N-dealkylation sites (N-methyl/N-ethyl adjacent to an activating group) is 1. The minimum absolute atomic E-state index is 0.0714. The third kappa shape index (κ3) is 7.40. The van der Waals surface area contributed by atoms with Gasteiger partial charge in [-0.05, 0) is 76.6 Å². The predicted molar refractivity (Wildman–Crippen MR) is 158 cm³/mol. The molecule has 3 aromatic rings. The average Bonchev–Trinajstić information content (AvgIpc) is 2.96. The molecule has 1 N–H and O–H groups in total. The normalized spacial score (nSPS) is 17.4. The average molecular weight is 547 g/mol. The Morgan fingerprint density at radius 1 is 0.975 bits per heavy atom. The molecule has 0 unspecified atom stereocenters. The summed E-state index contributed by atoms with van der Waals surface area (Å²) in [6.07, 6.45) is 4.52. The van der Waals surface area contributed by atoms with Gasteiger partial charge in [0, 0.05) is 68.9 Å². The monoisotopic (exact) mass is 546 g/mol. The molecule has 2 aromatic carbocycles. The van der Waals surface area contributed by atoms with Crippen LogP contribution in [0.5, 0.6) is 11.5 Å². The molecule has 0 radical (unpaired) electrons. The predicted octanol–water partition coefficient (Wildman–Crippen LogP) is 4.84. The maximum absolute atomic E-state index is 12.9. The van der Waals surface area contributed by atoms with E-state index in [1.807, 2.05) is 55.1 Å². The molecule has 214 valence electrons. The van der Waals surface area contributed by atoms with E-state index in [0.717, 1.165) is 85.8 Å². The van der Waals surface area contributed by atoms with Crippen molar-refractivity contribution in [2.45, 2.75) is 45.1 Å². The minimum atomic E-state index is -0.0714. The fraction of sp³-hybridized carbons (Fsp3) is 0.516. The van der Waals surface area contributed by atoms with Gasteiger partial charge in [0.25, 0.3) is 0 Å². The number of amides is 2. The molecule has 40 heavy (non-hydrogen) atoms. The van der Waals surface area contributed by atoms with Crippen LogP contribution in [-0.2, 0) is 0 Å². The second-order valence-corrected chi connectivity index (χ2v) is 11.2. The number of likely N-dealkylation sites (tertiary alicyclic amines) is 1. The Labute approximate surface area is 237 Å². The number of anilines is 1. The van der Waals surface area contributed by atoms with Crippen LogP contribution in [0.1, 0.15) is 44.7 Å². The molecule has 9 nitrogen and oxygen atoms in total. The Balaban J connectivity index is 1.11. The highest BCUT2D eigenvalue weighted by atomic mass is 16.5. The maximum atomic E-state index is 12.9. The summed E-state index contributed by atoms with van der Waals surface area (Å²) in [5, 5.41) is 4.08. The van der Waals surface area contributed by atoms with Gasteiger partial charge in [0.2, 0.25) is 0 Å². The van der Waals surface area contributed by atoms with Crippen molar-refractivity contribution >= 4 is 22.6 Å². The first-order valence-corrected chi connectivity index (χ1v) is 14.6. The minimum Gasteiger partial charge on any atom is -0.493 e. The zero-order valence-corrected chi connectivity index (χ0v) is 24.0. The van der Waals surface area contributed by atoms with Crippen molar-refractivity contribution in [3.8, 4) is 11.5 Å². The number of carbonyl (C=O) groups excluding carboxylic acids is 1. The highest BCUT2D eigenvalue weighted by Crippen LogP contribution is 2.32. The Morgan fingerprint density at radius 3 is 2.42 bits per heavy atom. The Bertz CT molecular complexity index is 1250. The molecule has 2 aliphatic rings. The molecule has 9 heteroatoms. The molecular formula is C31H42N6O3. The molecule has 5 rings (SSSR count). The summed E-state index contributed by atoms with van der Waals surface area (Å²) < 4.78 is 11.8. The van der Waals surface area contributed by atoms with Crippen LogP contribution >= 0.6 is 0 Å². The van der Waals surface area contributed by atoms with Gasteiger partial charge in [-0.3, -0.25) is 0 Å². The summed E-state index contributed by atoms with van der Waals surface area (Å²) in [6.45, 7) is 11.7. The molecule has 0 saturated carbocycles. The van der Waals surface area contributed by atoms with Crippen molar-refractivity contribution in [1.82, 2.24) is 24.7 Å².